The Bertz CT molecular complexity index is 1110. The highest BCUT2D eigenvalue weighted by molar-refractivity contribution is 7.10. The van der Waals surface area contributed by atoms with Crippen molar-refractivity contribution in [1.82, 2.24) is 10.3 Å². The van der Waals surface area contributed by atoms with Crippen LogP contribution in [0.3, 0.4) is 0 Å². The number of amides is 2. The fraction of sp³-hybridized carbons (Fsp3) is 0.143. The first-order chi connectivity index (χ1) is 13.5. The monoisotopic (exact) mass is 406 g/mol. The second kappa shape index (κ2) is 7.55. The highest BCUT2D eigenvalue weighted by Crippen LogP contribution is 2.38. The van der Waals surface area contributed by atoms with Gasteiger partial charge in [0, 0.05) is 21.7 Å². The van der Waals surface area contributed by atoms with Gasteiger partial charge in [0.15, 0.2) is 0 Å². The van der Waals surface area contributed by atoms with Crippen molar-refractivity contribution in [3.63, 3.8) is 0 Å². The maximum absolute atomic E-state index is 12.0. The van der Waals surface area contributed by atoms with E-state index in [1.54, 1.807) is 18.2 Å². The van der Waals surface area contributed by atoms with Crippen molar-refractivity contribution >= 4 is 34.7 Å². The zero-order valence-electron chi connectivity index (χ0n) is 14.9. The lowest BCUT2D eigenvalue weighted by Gasteiger charge is -2.30. The molecule has 1 aromatic heterocycles. The summed E-state index contributed by atoms with van der Waals surface area (Å²) in [7, 11) is 0. The van der Waals surface area contributed by atoms with Crippen LogP contribution in [0.25, 0.3) is 11.3 Å². The number of halogens is 1. The summed E-state index contributed by atoms with van der Waals surface area (Å²) in [5, 5.41) is 15.4. The van der Waals surface area contributed by atoms with Gasteiger partial charge in [-0.25, -0.2) is 14.8 Å². The number of thiazole rings is 1. The smallest absolute Gasteiger partial charge is 0.328 e. The number of nitrogens with zero attached hydrogens (tertiary/aromatic N) is 3. The van der Waals surface area contributed by atoms with Crippen molar-refractivity contribution in [3.8, 4) is 17.3 Å². The molecule has 4 rings (SSSR count). The topological polar surface area (TPSA) is 78.1 Å². The molecule has 2 atom stereocenters. The third-order valence-corrected chi connectivity index (χ3v) is 5.81. The Balaban J connectivity index is 1.72. The third-order valence-electron chi connectivity index (χ3n) is 4.65. The molecule has 1 N–H and O–H groups in total. The molecule has 2 unspecified atom stereocenters. The molecule has 28 heavy (non-hydrogen) atoms. The minimum absolute atomic E-state index is 0.173. The lowest BCUT2D eigenvalue weighted by molar-refractivity contribution is 0.243. The second-order valence-corrected chi connectivity index (χ2v) is 7.80. The second-order valence-electron chi connectivity index (χ2n) is 6.47. The summed E-state index contributed by atoms with van der Waals surface area (Å²) in [5.74, 6) is -0.173. The minimum Gasteiger partial charge on any atom is -0.328 e. The van der Waals surface area contributed by atoms with Crippen LogP contribution in [0.5, 0.6) is 0 Å². The zero-order chi connectivity index (χ0) is 19.7. The first kappa shape index (κ1) is 18.4. The van der Waals surface area contributed by atoms with Crippen molar-refractivity contribution in [1.29, 1.82) is 5.26 Å². The standard InChI is InChI=1S/C21H15ClN4OS/c1-12-18(19(26-21(27)24-12)15-3-2-4-16(22)9-15)20-25-17(11-28-20)14-7-5-13(10-23)6-8-14/h2-9,11,18-19H,1H3,(H,26,27). The molecule has 2 aromatic carbocycles. The number of aliphatic imine (C=N–C) groups is 1. The maximum Gasteiger partial charge on any atom is 0.341 e. The van der Waals surface area contributed by atoms with Crippen LogP contribution in [0.15, 0.2) is 58.9 Å². The summed E-state index contributed by atoms with van der Waals surface area (Å²) >= 11 is 7.69. The average Bonchev–Trinajstić information content (AvgIpc) is 3.17. The lowest BCUT2D eigenvalue weighted by Crippen LogP contribution is -2.38. The molecule has 0 saturated heterocycles. The van der Waals surface area contributed by atoms with E-state index in [2.05, 4.69) is 16.4 Å². The van der Waals surface area contributed by atoms with Crippen molar-refractivity contribution < 1.29 is 4.79 Å². The molecule has 0 fully saturated rings. The van der Waals surface area contributed by atoms with Crippen molar-refractivity contribution in [2.45, 2.75) is 18.9 Å². The first-order valence-corrected chi connectivity index (χ1v) is 9.88. The van der Waals surface area contributed by atoms with Gasteiger partial charge >= 0.3 is 6.03 Å². The SMILES string of the molecule is CC1=NC(=O)NC(c2cccc(Cl)c2)C1c1nc(-c2ccc(C#N)cc2)cs1. The number of carbonyl (C=O) groups excluding carboxylic acids is 1. The third kappa shape index (κ3) is 3.55. The van der Waals surface area contributed by atoms with Gasteiger partial charge in [0.05, 0.1) is 29.3 Å². The van der Waals surface area contributed by atoms with Gasteiger partial charge in [-0.3, -0.25) is 0 Å². The molecule has 2 amide bonds. The van der Waals surface area contributed by atoms with E-state index < -0.39 is 0 Å². The van der Waals surface area contributed by atoms with Gasteiger partial charge in [-0.2, -0.15) is 5.26 Å². The van der Waals surface area contributed by atoms with Gasteiger partial charge < -0.3 is 5.32 Å². The van der Waals surface area contributed by atoms with Crippen LogP contribution < -0.4 is 5.32 Å². The van der Waals surface area contributed by atoms with Crippen LogP contribution in [-0.2, 0) is 0 Å². The van der Waals surface area contributed by atoms with Crippen LogP contribution in [0, 0.1) is 11.3 Å². The largest absolute Gasteiger partial charge is 0.341 e. The highest BCUT2D eigenvalue weighted by Gasteiger charge is 2.35. The molecule has 0 bridgehead atoms. The molecular formula is C21H15ClN4OS. The zero-order valence-corrected chi connectivity index (χ0v) is 16.5. The predicted molar refractivity (Wildman–Crippen MR) is 111 cm³/mol. The fourth-order valence-corrected chi connectivity index (χ4v) is 4.52. The number of hydrogen-bond donors (Lipinski definition) is 1. The first-order valence-electron chi connectivity index (χ1n) is 8.62. The molecule has 138 valence electrons. The van der Waals surface area contributed by atoms with Gasteiger partial charge in [0.1, 0.15) is 5.01 Å². The Morgan fingerprint density at radius 3 is 2.71 bits per heavy atom. The Morgan fingerprint density at radius 1 is 1.21 bits per heavy atom. The van der Waals surface area contributed by atoms with E-state index in [1.807, 2.05) is 42.6 Å². The molecule has 2 heterocycles. The Labute approximate surface area is 171 Å². The predicted octanol–water partition coefficient (Wildman–Crippen LogP) is 5.34. The number of urea groups is 1. The van der Waals surface area contributed by atoms with Gasteiger partial charge in [-0.15, -0.1) is 11.3 Å². The quantitative estimate of drug-likeness (QED) is 0.637. The number of benzene rings is 2. The lowest BCUT2D eigenvalue weighted by atomic mass is 9.88. The molecule has 5 nitrogen and oxygen atoms in total. The van der Waals surface area contributed by atoms with E-state index in [0.29, 0.717) is 10.6 Å². The van der Waals surface area contributed by atoms with E-state index in [0.717, 1.165) is 27.5 Å². The number of aromatic nitrogens is 1. The minimum atomic E-state index is -0.359. The Hall–Kier alpha value is -3.01. The summed E-state index contributed by atoms with van der Waals surface area (Å²) in [6.45, 7) is 1.85. The number of nitrogens with one attached hydrogen (secondary N) is 1. The molecule has 1 aliphatic rings. The van der Waals surface area contributed by atoms with Crippen LogP contribution >= 0.6 is 22.9 Å². The number of rotatable bonds is 3. The van der Waals surface area contributed by atoms with E-state index in [9.17, 15) is 4.79 Å². The Kier molecular flexibility index (Phi) is 4.95. The molecule has 0 saturated carbocycles. The number of nitriles is 1. The Morgan fingerprint density at radius 2 is 2.00 bits per heavy atom. The molecule has 3 aromatic rings. The van der Waals surface area contributed by atoms with Crippen LogP contribution in [0.1, 0.15) is 35.0 Å². The van der Waals surface area contributed by atoms with E-state index in [-0.39, 0.29) is 18.0 Å². The average molecular weight is 407 g/mol. The van der Waals surface area contributed by atoms with Crippen molar-refractivity contribution in [3.05, 3.63) is 75.1 Å². The number of hydrogen-bond acceptors (Lipinski definition) is 4. The van der Waals surface area contributed by atoms with E-state index in [4.69, 9.17) is 21.8 Å². The summed E-state index contributed by atoms with van der Waals surface area (Å²) < 4.78 is 0. The molecular weight excluding hydrogens is 392 g/mol. The van der Waals surface area contributed by atoms with Crippen LogP contribution in [0.2, 0.25) is 5.02 Å². The number of carbonyl (C=O) groups is 1. The molecule has 0 aliphatic carbocycles. The molecule has 7 heteroatoms. The highest BCUT2D eigenvalue weighted by atomic mass is 35.5. The van der Waals surface area contributed by atoms with Gasteiger partial charge in [-0.05, 0) is 36.8 Å². The van der Waals surface area contributed by atoms with Gasteiger partial charge in [-0.1, -0.05) is 35.9 Å². The van der Waals surface area contributed by atoms with E-state index >= 15 is 0 Å². The molecule has 0 spiro atoms. The summed E-state index contributed by atoms with van der Waals surface area (Å²) in [4.78, 5) is 20.9. The van der Waals surface area contributed by atoms with Crippen LogP contribution in [-0.4, -0.2) is 16.7 Å². The normalized spacial score (nSPS) is 18.9. The molecule has 0 radical (unpaired) electrons. The maximum atomic E-state index is 12.0. The van der Waals surface area contributed by atoms with Gasteiger partial charge in [0.2, 0.25) is 0 Å². The van der Waals surface area contributed by atoms with Crippen molar-refractivity contribution in [2.24, 2.45) is 4.99 Å². The summed E-state index contributed by atoms with van der Waals surface area (Å²) in [6.07, 6.45) is 0. The van der Waals surface area contributed by atoms with Crippen LogP contribution in [0.4, 0.5) is 4.79 Å². The summed E-state index contributed by atoms with van der Waals surface area (Å²) in [6, 6.07) is 16.3. The summed E-state index contributed by atoms with van der Waals surface area (Å²) in [5.41, 5.74) is 4.01. The molecule has 1 aliphatic heterocycles. The van der Waals surface area contributed by atoms with Gasteiger partial charge in [0.25, 0.3) is 0 Å². The van der Waals surface area contributed by atoms with Crippen molar-refractivity contribution in [2.75, 3.05) is 0 Å². The van der Waals surface area contributed by atoms with E-state index in [1.165, 1.54) is 11.3 Å². The fourth-order valence-electron chi connectivity index (χ4n) is 3.30.